The van der Waals surface area contributed by atoms with E-state index >= 15 is 0 Å². The Morgan fingerprint density at radius 3 is 2.45 bits per heavy atom. The van der Waals surface area contributed by atoms with Gasteiger partial charge in [-0.2, -0.15) is 0 Å². The molecule has 1 fully saturated rings. The molecule has 2 rings (SSSR count). The molecule has 110 valence electrons. The minimum absolute atomic E-state index is 0.0584. The average molecular weight is 285 g/mol. The Labute approximate surface area is 114 Å². The van der Waals surface area contributed by atoms with Crippen molar-refractivity contribution in [1.29, 1.82) is 0 Å². The van der Waals surface area contributed by atoms with E-state index in [0.717, 1.165) is 11.0 Å². The van der Waals surface area contributed by atoms with Gasteiger partial charge in [-0.3, -0.25) is 20.2 Å². The summed E-state index contributed by atoms with van der Waals surface area (Å²) >= 11 is 0. The zero-order valence-corrected chi connectivity index (χ0v) is 11.0. The smallest absolute Gasteiger partial charge is 0.295 e. The first-order chi connectivity index (χ1) is 9.24. The van der Waals surface area contributed by atoms with Crippen molar-refractivity contribution < 1.29 is 24.6 Å². The lowest BCUT2D eigenvalue weighted by molar-refractivity contribution is -0.941. The van der Waals surface area contributed by atoms with Crippen LogP contribution in [0.25, 0.3) is 0 Å². The highest BCUT2D eigenvalue weighted by atomic mass is 16.6. The second kappa shape index (κ2) is 4.51. The summed E-state index contributed by atoms with van der Waals surface area (Å²) in [6.07, 6.45) is 0.473. The van der Waals surface area contributed by atoms with Gasteiger partial charge < -0.3 is 14.8 Å². The van der Waals surface area contributed by atoms with Gasteiger partial charge in [0.15, 0.2) is 6.54 Å². The molecule has 9 heteroatoms. The number of carbonyl (C=O) groups is 1. The number of carboxylic acids is 1. The number of nitrogens with zero attached hydrogens (tertiary/aromatic N) is 2. The highest BCUT2D eigenvalue weighted by molar-refractivity contribution is 5.85. The molecule has 2 bridgehead atoms. The van der Waals surface area contributed by atoms with E-state index in [9.17, 15) is 30.1 Å². The maximum absolute atomic E-state index is 11.4. The maximum atomic E-state index is 11.4. The number of carbonyl (C=O) groups excluding carboxylic acids is 1. The fraction of sp³-hybridized carbons (Fsp3) is 0.727. The second-order valence-electron chi connectivity index (χ2n) is 5.61. The number of piperidine rings is 1. The van der Waals surface area contributed by atoms with Crippen LogP contribution in [0.2, 0.25) is 0 Å². The first kappa shape index (κ1) is 14.4. The van der Waals surface area contributed by atoms with Crippen LogP contribution >= 0.6 is 0 Å². The Hall–Kier alpha value is -2.03. The molecule has 1 heterocycles. The summed E-state index contributed by atoms with van der Waals surface area (Å²) in [4.78, 5) is 33.4. The van der Waals surface area contributed by atoms with Crippen molar-refractivity contribution in [3.8, 4) is 0 Å². The summed E-state index contributed by atoms with van der Waals surface area (Å²) in [5.74, 6) is -1.57. The number of likely N-dealkylation sites (N-methyl/N-ethyl adjacent to an activating group) is 1. The zero-order chi connectivity index (χ0) is 15.1. The van der Waals surface area contributed by atoms with Gasteiger partial charge in [0.1, 0.15) is 13.0 Å². The van der Waals surface area contributed by atoms with E-state index in [1.807, 2.05) is 0 Å². The molecule has 1 unspecified atom stereocenters. The van der Waals surface area contributed by atoms with Crippen LogP contribution in [0.15, 0.2) is 11.6 Å². The van der Waals surface area contributed by atoms with Crippen molar-refractivity contribution in [3.63, 3.8) is 0 Å². The monoisotopic (exact) mass is 285 g/mol. The van der Waals surface area contributed by atoms with Gasteiger partial charge >= 0.3 is 0 Å². The Morgan fingerprint density at radius 2 is 2.00 bits per heavy atom. The summed E-state index contributed by atoms with van der Waals surface area (Å²) in [7, 11) is 0. The lowest BCUT2D eigenvalue weighted by Crippen LogP contribution is -3.18. The van der Waals surface area contributed by atoms with E-state index in [0.29, 0.717) is 6.54 Å². The topological polar surface area (TPSA) is 131 Å². The van der Waals surface area contributed by atoms with E-state index in [4.69, 9.17) is 0 Å². The molecule has 0 aromatic heterocycles. The summed E-state index contributed by atoms with van der Waals surface area (Å²) < 4.78 is 0. The fourth-order valence-corrected chi connectivity index (χ4v) is 3.37. The van der Waals surface area contributed by atoms with Crippen molar-refractivity contribution in [2.75, 3.05) is 19.6 Å². The molecule has 0 aromatic rings. The molecule has 1 aliphatic carbocycles. The van der Waals surface area contributed by atoms with Gasteiger partial charge in [0.25, 0.3) is 11.1 Å². The van der Waals surface area contributed by atoms with Gasteiger partial charge in [0, 0.05) is 15.9 Å². The minimum Gasteiger partial charge on any atom is -0.545 e. The summed E-state index contributed by atoms with van der Waals surface area (Å²) in [5.41, 5.74) is -3.62. The maximum Gasteiger partial charge on any atom is 0.295 e. The fourth-order valence-electron chi connectivity index (χ4n) is 3.37. The van der Waals surface area contributed by atoms with Crippen LogP contribution in [-0.4, -0.2) is 46.5 Å². The SMILES string of the molecule is CC[NH+]1C[C@@]2([N+](=O)[O-])C=C(C(=O)[O-])C[C@@]([N+](=O)[O-])(C1)C2. The molecule has 1 aliphatic heterocycles. The molecule has 0 aromatic carbocycles. The molecule has 0 spiro atoms. The number of hydrogen-bond acceptors (Lipinski definition) is 6. The van der Waals surface area contributed by atoms with Crippen LogP contribution in [0, 0.1) is 20.2 Å². The second-order valence-corrected chi connectivity index (χ2v) is 5.61. The standard InChI is InChI=1S/C11H15N3O6/c1-2-12-6-10(13(17)18)3-8(9(15)16)4-11(5-10,7-12)14(19)20/h3H,2,4-7H2,1H3,(H,15,16)/t10-,11+/m1/s1. The van der Waals surface area contributed by atoms with E-state index in [1.165, 1.54) is 0 Å². The summed E-state index contributed by atoms with van der Waals surface area (Å²) in [6.45, 7) is 2.46. The van der Waals surface area contributed by atoms with Crippen LogP contribution in [0.4, 0.5) is 0 Å². The minimum atomic E-state index is -1.69. The van der Waals surface area contributed by atoms with Crippen LogP contribution in [-0.2, 0) is 4.79 Å². The molecular formula is C11H15N3O6. The van der Waals surface area contributed by atoms with Crippen molar-refractivity contribution in [1.82, 2.24) is 0 Å². The predicted octanol–water partition coefficient (Wildman–Crippen LogP) is -2.59. The molecule has 1 N–H and O–H groups in total. The number of hydrogen-bond donors (Lipinski definition) is 1. The number of likely N-dealkylation sites (tertiary alicyclic amines) is 1. The van der Waals surface area contributed by atoms with Crippen LogP contribution in [0.5, 0.6) is 0 Å². The Balaban J connectivity index is 2.57. The Bertz CT molecular complexity index is 518. The lowest BCUT2D eigenvalue weighted by Gasteiger charge is -2.42. The third-order valence-corrected chi connectivity index (χ3v) is 4.25. The van der Waals surface area contributed by atoms with Crippen molar-refractivity contribution in [2.24, 2.45) is 0 Å². The highest BCUT2D eigenvalue weighted by Gasteiger charge is 2.66. The lowest BCUT2D eigenvalue weighted by atomic mass is 9.69. The first-order valence-corrected chi connectivity index (χ1v) is 6.30. The van der Waals surface area contributed by atoms with Gasteiger partial charge in [-0.15, -0.1) is 0 Å². The quantitative estimate of drug-likeness (QED) is 0.445. The van der Waals surface area contributed by atoms with Crippen molar-refractivity contribution in [2.45, 2.75) is 30.8 Å². The number of fused-ring (bicyclic) bond motifs is 2. The van der Waals surface area contributed by atoms with Gasteiger partial charge in [0.2, 0.25) is 0 Å². The van der Waals surface area contributed by atoms with E-state index in [2.05, 4.69) is 0 Å². The Kier molecular flexibility index (Phi) is 3.24. The summed E-state index contributed by atoms with van der Waals surface area (Å²) in [5, 5.41) is 33.8. The van der Waals surface area contributed by atoms with Gasteiger partial charge in [-0.25, -0.2) is 0 Å². The number of nitro groups is 2. The molecule has 20 heavy (non-hydrogen) atoms. The third-order valence-electron chi connectivity index (χ3n) is 4.25. The molecular weight excluding hydrogens is 270 g/mol. The number of nitrogens with one attached hydrogen (secondary N) is 1. The predicted molar refractivity (Wildman–Crippen MR) is 63.0 cm³/mol. The van der Waals surface area contributed by atoms with Gasteiger partial charge in [0.05, 0.1) is 18.9 Å². The third kappa shape index (κ3) is 2.03. The van der Waals surface area contributed by atoms with Crippen LogP contribution in [0.3, 0.4) is 0 Å². The average Bonchev–Trinajstić information content (AvgIpc) is 2.36. The van der Waals surface area contributed by atoms with Crippen molar-refractivity contribution in [3.05, 3.63) is 31.9 Å². The van der Waals surface area contributed by atoms with E-state index in [1.54, 1.807) is 6.92 Å². The number of quaternary nitrogens is 1. The van der Waals surface area contributed by atoms with Crippen LogP contribution < -0.4 is 10.0 Å². The van der Waals surface area contributed by atoms with E-state index in [-0.39, 0.29) is 31.5 Å². The van der Waals surface area contributed by atoms with Crippen LogP contribution in [0.1, 0.15) is 19.8 Å². The molecule has 0 saturated carbocycles. The highest BCUT2D eigenvalue weighted by Crippen LogP contribution is 2.39. The Morgan fingerprint density at radius 1 is 1.35 bits per heavy atom. The molecule has 0 amide bonds. The first-order valence-electron chi connectivity index (χ1n) is 6.30. The summed E-state index contributed by atoms with van der Waals surface area (Å²) in [6, 6.07) is 0. The molecule has 0 radical (unpaired) electrons. The van der Waals surface area contributed by atoms with Crippen molar-refractivity contribution >= 4 is 5.97 Å². The molecule has 9 nitrogen and oxygen atoms in total. The molecule has 1 saturated heterocycles. The normalized spacial score (nSPS) is 36.0. The van der Waals surface area contributed by atoms with Gasteiger partial charge in [-0.1, -0.05) is 0 Å². The number of aliphatic carboxylic acids is 1. The zero-order valence-electron chi connectivity index (χ0n) is 11.0. The molecule has 3 atom stereocenters. The number of rotatable bonds is 4. The largest absolute Gasteiger partial charge is 0.545 e. The number of carboxylic acid groups (broad SMARTS) is 1. The van der Waals surface area contributed by atoms with E-state index < -0.39 is 26.9 Å². The van der Waals surface area contributed by atoms with Gasteiger partial charge in [-0.05, 0) is 12.5 Å². The molecule has 2 aliphatic rings.